The number of nitrogens with zero attached hydrogens (tertiary/aromatic N) is 1. The number of anilines is 2. The van der Waals surface area contributed by atoms with Gasteiger partial charge < -0.3 is 15.6 Å². The van der Waals surface area contributed by atoms with Crippen molar-refractivity contribution in [3.63, 3.8) is 0 Å². The normalized spacial score (nSPS) is 11.0. The van der Waals surface area contributed by atoms with Crippen LogP contribution in [-0.2, 0) is 9.59 Å². The first kappa shape index (κ1) is 25.5. The predicted molar refractivity (Wildman–Crippen MR) is 141 cm³/mol. The highest BCUT2D eigenvalue weighted by molar-refractivity contribution is 5.93. The number of amides is 2. The molecule has 0 unspecified atom stereocenters. The van der Waals surface area contributed by atoms with Crippen LogP contribution in [0.1, 0.15) is 84.5 Å². The van der Waals surface area contributed by atoms with E-state index >= 15 is 0 Å². The Balaban J connectivity index is 1.54. The van der Waals surface area contributed by atoms with Gasteiger partial charge in [0.25, 0.3) is 0 Å². The van der Waals surface area contributed by atoms with Crippen molar-refractivity contribution in [2.75, 3.05) is 10.6 Å². The maximum Gasteiger partial charge on any atom is 0.224 e. The minimum Gasteiger partial charge on any atom is -0.338 e. The largest absolute Gasteiger partial charge is 0.338 e. The van der Waals surface area contributed by atoms with Gasteiger partial charge in [0.2, 0.25) is 11.8 Å². The van der Waals surface area contributed by atoms with E-state index in [1.54, 1.807) is 0 Å². The van der Waals surface area contributed by atoms with Gasteiger partial charge in [-0.05, 0) is 55.3 Å². The highest BCUT2D eigenvalue weighted by Crippen LogP contribution is 2.24. The number of benzene rings is 2. The maximum atomic E-state index is 12.3. The second kappa shape index (κ2) is 13.5. The van der Waals surface area contributed by atoms with Crippen LogP contribution >= 0.6 is 0 Å². The third kappa shape index (κ3) is 8.01. The van der Waals surface area contributed by atoms with Crippen molar-refractivity contribution in [3.8, 4) is 11.4 Å². The number of nitrogens with one attached hydrogen (secondary N) is 3. The van der Waals surface area contributed by atoms with Crippen molar-refractivity contribution in [2.45, 2.75) is 84.5 Å². The summed E-state index contributed by atoms with van der Waals surface area (Å²) in [7, 11) is 0. The van der Waals surface area contributed by atoms with Gasteiger partial charge in [-0.2, -0.15) is 0 Å². The average molecular weight is 463 g/mol. The number of fused-ring (bicyclic) bond motifs is 1. The molecule has 182 valence electrons. The topological polar surface area (TPSA) is 86.9 Å². The van der Waals surface area contributed by atoms with Crippen molar-refractivity contribution in [1.82, 2.24) is 9.97 Å². The molecule has 1 heterocycles. The molecule has 3 rings (SSSR count). The molecule has 3 N–H and O–H groups in total. The molecule has 0 saturated heterocycles. The average Bonchev–Trinajstić information content (AvgIpc) is 3.25. The molecule has 0 bridgehead atoms. The predicted octanol–water partition coefficient (Wildman–Crippen LogP) is 7.44. The molecule has 6 heteroatoms. The van der Waals surface area contributed by atoms with Crippen LogP contribution in [0.2, 0.25) is 0 Å². The standard InChI is InChI=1S/C28H38N4O2/c1-3-5-7-8-9-11-13-27(34)30-23-18-19-24-25(20-23)32-28(31-24)21-14-16-22(17-15-21)29-26(33)12-10-6-4-2/h14-20H,3-13H2,1-2H3,(H,29,33)(H,30,34)(H,31,32). The Kier molecular flexibility index (Phi) is 10.1. The smallest absolute Gasteiger partial charge is 0.224 e. The summed E-state index contributed by atoms with van der Waals surface area (Å²) in [4.78, 5) is 32.3. The first-order valence-corrected chi connectivity index (χ1v) is 12.8. The van der Waals surface area contributed by atoms with Gasteiger partial charge in [0.15, 0.2) is 0 Å². The van der Waals surface area contributed by atoms with Crippen molar-refractivity contribution in [2.24, 2.45) is 0 Å². The first-order chi connectivity index (χ1) is 16.6. The Morgan fingerprint density at radius 2 is 1.29 bits per heavy atom. The lowest BCUT2D eigenvalue weighted by Gasteiger charge is -2.05. The quantitative estimate of drug-likeness (QED) is 0.218. The Hall–Kier alpha value is -3.15. The Labute approximate surface area is 202 Å². The van der Waals surface area contributed by atoms with E-state index in [4.69, 9.17) is 0 Å². The molecule has 0 aliphatic heterocycles. The van der Waals surface area contributed by atoms with Gasteiger partial charge in [0.1, 0.15) is 5.82 Å². The van der Waals surface area contributed by atoms with Gasteiger partial charge in [-0.25, -0.2) is 4.98 Å². The minimum absolute atomic E-state index is 0.0519. The van der Waals surface area contributed by atoms with Crippen LogP contribution in [-0.4, -0.2) is 21.8 Å². The van der Waals surface area contributed by atoms with Gasteiger partial charge in [-0.3, -0.25) is 9.59 Å². The Morgan fingerprint density at radius 1 is 0.735 bits per heavy atom. The number of imidazole rings is 1. The molecule has 0 aliphatic carbocycles. The zero-order valence-electron chi connectivity index (χ0n) is 20.6. The molecule has 2 aromatic carbocycles. The van der Waals surface area contributed by atoms with E-state index in [2.05, 4.69) is 34.4 Å². The van der Waals surface area contributed by atoms with E-state index in [9.17, 15) is 9.59 Å². The van der Waals surface area contributed by atoms with E-state index in [1.807, 2.05) is 42.5 Å². The fourth-order valence-corrected chi connectivity index (χ4v) is 3.98. The third-order valence-electron chi connectivity index (χ3n) is 5.97. The van der Waals surface area contributed by atoms with Crippen LogP contribution in [0.5, 0.6) is 0 Å². The summed E-state index contributed by atoms with van der Waals surface area (Å²) in [6.45, 7) is 4.34. The number of aromatic amines is 1. The van der Waals surface area contributed by atoms with E-state index in [0.29, 0.717) is 12.8 Å². The van der Waals surface area contributed by atoms with E-state index in [1.165, 1.54) is 25.7 Å². The lowest BCUT2D eigenvalue weighted by molar-refractivity contribution is -0.117. The number of H-pyrrole nitrogens is 1. The number of hydrogen-bond donors (Lipinski definition) is 3. The van der Waals surface area contributed by atoms with Crippen LogP contribution in [0.4, 0.5) is 11.4 Å². The number of carbonyl (C=O) groups excluding carboxylic acids is 2. The second-order valence-electron chi connectivity index (χ2n) is 8.97. The highest BCUT2D eigenvalue weighted by Gasteiger charge is 2.09. The number of unbranched alkanes of at least 4 members (excludes halogenated alkanes) is 7. The van der Waals surface area contributed by atoms with E-state index < -0.39 is 0 Å². The molecular formula is C28H38N4O2. The molecule has 0 radical (unpaired) electrons. The molecule has 34 heavy (non-hydrogen) atoms. The summed E-state index contributed by atoms with van der Waals surface area (Å²) in [6, 6.07) is 13.4. The van der Waals surface area contributed by atoms with Gasteiger partial charge in [0.05, 0.1) is 11.0 Å². The van der Waals surface area contributed by atoms with Crippen molar-refractivity contribution < 1.29 is 9.59 Å². The molecule has 0 saturated carbocycles. The summed E-state index contributed by atoms with van der Waals surface area (Å²) in [6.07, 6.45) is 11.2. The molecule has 0 aliphatic rings. The lowest BCUT2D eigenvalue weighted by atomic mass is 10.1. The van der Waals surface area contributed by atoms with Gasteiger partial charge >= 0.3 is 0 Å². The zero-order valence-corrected chi connectivity index (χ0v) is 20.6. The molecule has 1 aromatic heterocycles. The van der Waals surface area contributed by atoms with Gasteiger partial charge in [-0.1, -0.05) is 58.8 Å². The molecule has 2 amide bonds. The third-order valence-corrected chi connectivity index (χ3v) is 5.97. The molecule has 3 aromatic rings. The van der Waals surface area contributed by atoms with Crippen LogP contribution in [0.15, 0.2) is 42.5 Å². The minimum atomic E-state index is 0.0519. The molecule has 0 fully saturated rings. The van der Waals surface area contributed by atoms with Crippen molar-refractivity contribution >= 4 is 34.2 Å². The molecular weight excluding hydrogens is 424 g/mol. The number of carbonyl (C=O) groups is 2. The number of hydrogen-bond acceptors (Lipinski definition) is 3. The van der Waals surface area contributed by atoms with Crippen LogP contribution in [0, 0.1) is 0 Å². The Morgan fingerprint density at radius 3 is 2.00 bits per heavy atom. The Bertz CT molecular complexity index is 1060. The van der Waals surface area contributed by atoms with Crippen molar-refractivity contribution in [1.29, 1.82) is 0 Å². The van der Waals surface area contributed by atoms with Gasteiger partial charge in [-0.15, -0.1) is 0 Å². The molecule has 6 nitrogen and oxygen atoms in total. The number of aromatic nitrogens is 2. The summed E-state index contributed by atoms with van der Waals surface area (Å²) in [5, 5.41) is 5.95. The van der Waals surface area contributed by atoms with Crippen molar-refractivity contribution in [3.05, 3.63) is 42.5 Å². The van der Waals surface area contributed by atoms with Crippen LogP contribution in [0.3, 0.4) is 0 Å². The van der Waals surface area contributed by atoms with E-state index in [-0.39, 0.29) is 11.8 Å². The first-order valence-electron chi connectivity index (χ1n) is 12.8. The van der Waals surface area contributed by atoms with Crippen LogP contribution in [0.25, 0.3) is 22.4 Å². The zero-order chi connectivity index (χ0) is 24.2. The van der Waals surface area contributed by atoms with E-state index in [0.717, 1.165) is 65.9 Å². The summed E-state index contributed by atoms with van der Waals surface area (Å²) < 4.78 is 0. The van der Waals surface area contributed by atoms with Crippen LogP contribution < -0.4 is 10.6 Å². The number of rotatable bonds is 14. The summed E-state index contributed by atoms with van der Waals surface area (Å²) in [5.74, 6) is 0.865. The lowest BCUT2D eigenvalue weighted by Crippen LogP contribution is -2.10. The maximum absolute atomic E-state index is 12.3. The summed E-state index contributed by atoms with van der Waals surface area (Å²) in [5.41, 5.74) is 4.23. The van der Waals surface area contributed by atoms with Gasteiger partial charge in [0, 0.05) is 29.8 Å². The molecule has 0 atom stereocenters. The highest BCUT2D eigenvalue weighted by atomic mass is 16.2. The second-order valence-corrected chi connectivity index (χ2v) is 8.97. The SMILES string of the molecule is CCCCCCCCC(=O)Nc1ccc2nc(-c3ccc(NC(=O)CCCCC)cc3)[nH]c2c1. The summed E-state index contributed by atoms with van der Waals surface area (Å²) >= 11 is 0. The fourth-order valence-electron chi connectivity index (χ4n) is 3.98. The molecule has 0 spiro atoms. The fraction of sp³-hybridized carbons (Fsp3) is 0.464. The monoisotopic (exact) mass is 462 g/mol.